The van der Waals surface area contributed by atoms with E-state index < -0.39 is 0 Å². The third-order valence-corrected chi connectivity index (χ3v) is 6.03. The molecule has 0 saturated carbocycles. The first kappa shape index (κ1) is 15.8. The van der Waals surface area contributed by atoms with Crippen molar-refractivity contribution < 1.29 is 4.79 Å². The van der Waals surface area contributed by atoms with Gasteiger partial charge >= 0.3 is 0 Å². The molecule has 1 saturated heterocycles. The number of thiophene rings is 1. The van der Waals surface area contributed by atoms with Gasteiger partial charge in [-0.3, -0.25) is 9.48 Å². The molecular weight excluding hydrogens is 320 g/mol. The molecule has 0 spiro atoms. The van der Waals surface area contributed by atoms with Gasteiger partial charge in [-0.15, -0.1) is 11.3 Å². The van der Waals surface area contributed by atoms with E-state index in [-0.39, 0.29) is 11.9 Å². The van der Waals surface area contributed by atoms with E-state index in [1.165, 1.54) is 37.2 Å². The first-order valence-electron chi connectivity index (χ1n) is 8.81. The number of nitrogens with zero attached hydrogens (tertiary/aromatic N) is 4. The van der Waals surface area contributed by atoms with Crippen LogP contribution < -0.4 is 0 Å². The molecule has 0 N–H and O–H groups in total. The Morgan fingerprint density at radius 3 is 2.83 bits per heavy atom. The number of likely N-dealkylation sites (tertiary alicyclic amines) is 1. The van der Waals surface area contributed by atoms with Crippen LogP contribution in [0.2, 0.25) is 0 Å². The maximum absolute atomic E-state index is 12.9. The van der Waals surface area contributed by atoms with Crippen molar-refractivity contribution in [3.63, 3.8) is 0 Å². The Morgan fingerprint density at radius 2 is 2.08 bits per heavy atom. The van der Waals surface area contributed by atoms with Crippen LogP contribution in [0.5, 0.6) is 0 Å². The summed E-state index contributed by atoms with van der Waals surface area (Å²) in [5, 5.41) is 4.53. The van der Waals surface area contributed by atoms with Crippen LogP contribution in [-0.4, -0.2) is 51.7 Å². The highest BCUT2D eigenvalue weighted by molar-refractivity contribution is 7.13. The maximum atomic E-state index is 12.9. The Balaban J connectivity index is 1.53. The predicted octanol–water partition coefficient (Wildman–Crippen LogP) is 2.94. The molecule has 0 bridgehead atoms. The SMILES string of the molecule is Cc1ccc(C(=O)N2Cc3ccnn3C(CN3CCCCC3)C2)s1. The minimum atomic E-state index is 0.157. The zero-order valence-electron chi connectivity index (χ0n) is 14.1. The summed E-state index contributed by atoms with van der Waals surface area (Å²) in [5.74, 6) is 0.157. The second-order valence-electron chi connectivity index (χ2n) is 6.88. The number of fused-ring (bicyclic) bond motifs is 1. The Kier molecular flexibility index (Phi) is 4.41. The second-order valence-corrected chi connectivity index (χ2v) is 8.17. The predicted molar refractivity (Wildman–Crippen MR) is 95.4 cm³/mol. The van der Waals surface area contributed by atoms with Gasteiger partial charge in [-0.1, -0.05) is 6.42 Å². The van der Waals surface area contributed by atoms with E-state index in [1.807, 2.05) is 36.2 Å². The number of rotatable bonds is 3. The lowest BCUT2D eigenvalue weighted by molar-refractivity contribution is 0.0636. The van der Waals surface area contributed by atoms with Crippen molar-refractivity contribution in [1.82, 2.24) is 19.6 Å². The molecule has 1 amide bonds. The number of aryl methyl sites for hydroxylation is 1. The highest BCUT2D eigenvalue weighted by Gasteiger charge is 2.30. The normalized spacial score (nSPS) is 21.7. The number of carbonyl (C=O) groups excluding carboxylic acids is 1. The van der Waals surface area contributed by atoms with Crippen molar-refractivity contribution in [3.05, 3.63) is 39.8 Å². The lowest BCUT2D eigenvalue weighted by Crippen LogP contribution is -2.46. The largest absolute Gasteiger partial charge is 0.330 e. The van der Waals surface area contributed by atoms with E-state index in [0.717, 1.165) is 23.7 Å². The molecule has 0 aliphatic carbocycles. The molecular formula is C18H24N4OS. The van der Waals surface area contributed by atoms with Gasteiger partial charge in [0.2, 0.25) is 0 Å². The fourth-order valence-electron chi connectivity index (χ4n) is 3.82. The Morgan fingerprint density at radius 1 is 1.25 bits per heavy atom. The molecule has 0 aromatic carbocycles. The van der Waals surface area contributed by atoms with Crippen molar-refractivity contribution in [2.24, 2.45) is 0 Å². The summed E-state index contributed by atoms with van der Waals surface area (Å²) in [6.07, 6.45) is 5.78. The summed E-state index contributed by atoms with van der Waals surface area (Å²) < 4.78 is 2.14. The van der Waals surface area contributed by atoms with Crippen molar-refractivity contribution >= 4 is 17.2 Å². The van der Waals surface area contributed by atoms with Crippen LogP contribution in [0.25, 0.3) is 0 Å². The summed E-state index contributed by atoms with van der Waals surface area (Å²) in [7, 11) is 0. The van der Waals surface area contributed by atoms with Gasteiger partial charge in [0.05, 0.1) is 23.2 Å². The molecule has 1 fully saturated rings. The van der Waals surface area contributed by atoms with Crippen LogP contribution in [0.3, 0.4) is 0 Å². The van der Waals surface area contributed by atoms with Crippen LogP contribution in [0.1, 0.15) is 45.5 Å². The average molecular weight is 344 g/mol. The van der Waals surface area contributed by atoms with Gasteiger partial charge < -0.3 is 9.80 Å². The summed E-state index contributed by atoms with van der Waals surface area (Å²) >= 11 is 1.59. The second kappa shape index (κ2) is 6.69. The van der Waals surface area contributed by atoms with Crippen LogP contribution in [0.15, 0.2) is 24.4 Å². The summed E-state index contributed by atoms with van der Waals surface area (Å²) in [6.45, 7) is 6.79. The fraction of sp³-hybridized carbons (Fsp3) is 0.556. The smallest absolute Gasteiger partial charge is 0.264 e. The van der Waals surface area contributed by atoms with Gasteiger partial charge in [0, 0.05) is 24.2 Å². The molecule has 6 heteroatoms. The standard InChI is InChI=1S/C18H24N4OS/c1-14-5-6-17(24-14)18(23)21-12-15-7-8-19-22(15)16(13-21)11-20-9-3-2-4-10-20/h5-8,16H,2-4,9-13H2,1H3. The number of amides is 1. The Hall–Kier alpha value is -1.66. The van der Waals surface area contributed by atoms with Crippen molar-refractivity contribution in [1.29, 1.82) is 0 Å². The van der Waals surface area contributed by atoms with Crippen molar-refractivity contribution in [3.8, 4) is 0 Å². The number of carbonyl (C=O) groups is 1. The third kappa shape index (κ3) is 3.13. The summed E-state index contributed by atoms with van der Waals surface area (Å²) in [5.41, 5.74) is 1.14. The lowest BCUT2D eigenvalue weighted by Gasteiger charge is -2.37. The first-order chi connectivity index (χ1) is 11.7. The molecule has 1 atom stereocenters. The Labute approximate surface area is 146 Å². The molecule has 5 nitrogen and oxygen atoms in total. The van der Waals surface area contributed by atoms with Crippen LogP contribution in [0.4, 0.5) is 0 Å². The monoisotopic (exact) mass is 344 g/mol. The van der Waals surface area contributed by atoms with Crippen LogP contribution in [0, 0.1) is 6.92 Å². The van der Waals surface area contributed by atoms with Gasteiger partial charge in [0.15, 0.2) is 0 Å². The minimum absolute atomic E-state index is 0.157. The van der Waals surface area contributed by atoms with E-state index in [4.69, 9.17) is 0 Å². The Bertz CT molecular complexity index is 716. The van der Waals surface area contributed by atoms with Gasteiger partial charge in [0.25, 0.3) is 5.91 Å². The molecule has 1 unspecified atom stereocenters. The molecule has 2 aromatic rings. The molecule has 24 heavy (non-hydrogen) atoms. The van der Waals surface area contributed by atoms with E-state index in [2.05, 4.69) is 14.7 Å². The number of hydrogen-bond acceptors (Lipinski definition) is 4. The first-order valence-corrected chi connectivity index (χ1v) is 9.63. The molecule has 4 heterocycles. The summed E-state index contributed by atoms with van der Waals surface area (Å²) in [4.78, 5) is 19.4. The number of piperidine rings is 1. The average Bonchev–Trinajstić information content (AvgIpc) is 3.24. The van der Waals surface area contributed by atoms with Gasteiger partial charge in [-0.05, 0) is 51.1 Å². The van der Waals surface area contributed by atoms with Gasteiger partial charge in [-0.2, -0.15) is 5.10 Å². The number of aromatic nitrogens is 2. The summed E-state index contributed by atoms with van der Waals surface area (Å²) in [6, 6.07) is 6.28. The third-order valence-electron chi connectivity index (χ3n) is 5.04. The minimum Gasteiger partial charge on any atom is -0.330 e. The highest BCUT2D eigenvalue weighted by atomic mass is 32.1. The lowest BCUT2D eigenvalue weighted by atomic mass is 10.1. The molecule has 4 rings (SSSR count). The van der Waals surface area contributed by atoms with E-state index in [1.54, 1.807) is 11.3 Å². The van der Waals surface area contributed by atoms with E-state index in [0.29, 0.717) is 6.54 Å². The van der Waals surface area contributed by atoms with E-state index in [9.17, 15) is 4.79 Å². The van der Waals surface area contributed by atoms with E-state index >= 15 is 0 Å². The quantitative estimate of drug-likeness (QED) is 0.860. The van der Waals surface area contributed by atoms with Crippen LogP contribution >= 0.6 is 11.3 Å². The maximum Gasteiger partial charge on any atom is 0.264 e. The highest BCUT2D eigenvalue weighted by Crippen LogP contribution is 2.26. The number of hydrogen-bond donors (Lipinski definition) is 0. The van der Waals surface area contributed by atoms with Crippen molar-refractivity contribution in [2.75, 3.05) is 26.2 Å². The van der Waals surface area contributed by atoms with Gasteiger partial charge in [-0.25, -0.2) is 0 Å². The zero-order chi connectivity index (χ0) is 16.5. The fourth-order valence-corrected chi connectivity index (χ4v) is 4.66. The van der Waals surface area contributed by atoms with Gasteiger partial charge in [0.1, 0.15) is 0 Å². The molecule has 2 aliphatic heterocycles. The van der Waals surface area contributed by atoms with Crippen molar-refractivity contribution in [2.45, 2.75) is 38.8 Å². The zero-order valence-corrected chi connectivity index (χ0v) is 15.0. The molecule has 2 aliphatic rings. The molecule has 0 radical (unpaired) electrons. The molecule has 128 valence electrons. The van der Waals surface area contributed by atoms with Crippen LogP contribution in [-0.2, 0) is 6.54 Å². The molecule has 2 aromatic heterocycles. The topological polar surface area (TPSA) is 41.4 Å².